The van der Waals surface area contributed by atoms with E-state index in [0.717, 1.165) is 19.4 Å². The van der Waals surface area contributed by atoms with Gasteiger partial charge in [0.15, 0.2) is 0 Å². The Morgan fingerprint density at radius 1 is 1.43 bits per heavy atom. The lowest BCUT2D eigenvalue weighted by Crippen LogP contribution is -2.52. The highest BCUT2D eigenvalue weighted by Crippen LogP contribution is 2.30. The van der Waals surface area contributed by atoms with Gasteiger partial charge in [0.2, 0.25) is 0 Å². The second-order valence-corrected chi connectivity index (χ2v) is 7.48. The minimum Gasteiger partial charge on any atom is -0.465 e. The fourth-order valence-corrected chi connectivity index (χ4v) is 3.40. The summed E-state index contributed by atoms with van der Waals surface area (Å²) in [6.07, 6.45) is 6.85. The van der Waals surface area contributed by atoms with Crippen LogP contribution in [0.2, 0.25) is 0 Å². The van der Waals surface area contributed by atoms with Crippen molar-refractivity contribution < 1.29 is 9.53 Å². The van der Waals surface area contributed by atoms with Gasteiger partial charge in [0.25, 0.3) is 0 Å². The van der Waals surface area contributed by atoms with Gasteiger partial charge in [-0.05, 0) is 79.3 Å². The molecule has 2 fully saturated rings. The molecule has 1 aliphatic carbocycles. The summed E-state index contributed by atoms with van der Waals surface area (Å²) in [4.78, 5) is 14.8. The molecule has 1 atom stereocenters. The Morgan fingerprint density at radius 2 is 2.14 bits per heavy atom. The second-order valence-electron chi connectivity index (χ2n) is 7.48. The molecule has 122 valence electrons. The molecule has 0 spiro atoms. The molecule has 0 amide bonds. The first kappa shape index (κ1) is 16.8. The van der Waals surface area contributed by atoms with Gasteiger partial charge < -0.3 is 4.74 Å². The molecule has 4 nitrogen and oxygen atoms in total. The van der Waals surface area contributed by atoms with Gasteiger partial charge in [-0.1, -0.05) is 0 Å². The van der Waals surface area contributed by atoms with E-state index in [1.54, 1.807) is 0 Å². The molecule has 1 N–H and O–H groups in total. The highest BCUT2D eigenvalue weighted by Gasteiger charge is 2.40. The third-order valence-corrected chi connectivity index (χ3v) is 5.00. The van der Waals surface area contributed by atoms with Gasteiger partial charge in [-0.25, -0.2) is 0 Å². The van der Waals surface area contributed by atoms with Crippen molar-refractivity contribution >= 4 is 5.97 Å². The average molecular weight is 296 g/mol. The van der Waals surface area contributed by atoms with E-state index in [9.17, 15) is 4.79 Å². The molecule has 1 saturated heterocycles. The summed E-state index contributed by atoms with van der Waals surface area (Å²) in [6, 6.07) is 0.516. The standard InChI is InChI=1S/C17H32N2O2/c1-5-21-15(20)17(4,18-14-8-9-14)11-7-13-19-12-6-10-16(19,2)3/h14,18H,5-13H2,1-4H3. The first-order valence-electron chi connectivity index (χ1n) is 8.57. The van der Waals surface area contributed by atoms with E-state index >= 15 is 0 Å². The predicted octanol–water partition coefficient (Wildman–Crippen LogP) is 2.71. The normalized spacial score (nSPS) is 24.8. The third-order valence-electron chi connectivity index (χ3n) is 5.00. The van der Waals surface area contributed by atoms with Gasteiger partial charge in [-0.15, -0.1) is 0 Å². The zero-order valence-electron chi connectivity index (χ0n) is 14.2. The number of carbonyl (C=O) groups is 1. The molecule has 4 heteroatoms. The van der Waals surface area contributed by atoms with Crippen LogP contribution in [0.5, 0.6) is 0 Å². The Morgan fingerprint density at radius 3 is 2.67 bits per heavy atom. The number of nitrogens with one attached hydrogen (secondary N) is 1. The Labute approximate surface area is 129 Å². The van der Waals surface area contributed by atoms with Crippen LogP contribution in [-0.4, -0.2) is 47.7 Å². The largest absolute Gasteiger partial charge is 0.465 e. The summed E-state index contributed by atoms with van der Waals surface area (Å²) in [5.74, 6) is -0.0856. The van der Waals surface area contributed by atoms with Crippen LogP contribution in [0.3, 0.4) is 0 Å². The van der Waals surface area contributed by atoms with Crippen molar-refractivity contribution in [1.29, 1.82) is 0 Å². The van der Waals surface area contributed by atoms with Crippen molar-refractivity contribution in [3.05, 3.63) is 0 Å². The van der Waals surface area contributed by atoms with E-state index in [1.165, 1.54) is 32.2 Å². The lowest BCUT2D eigenvalue weighted by atomic mass is 9.94. The van der Waals surface area contributed by atoms with E-state index in [-0.39, 0.29) is 5.97 Å². The maximum absolute atomic E-state index is 12.3. The van der Waals surface area contributed by atoms with Crippen LogP contribution >= 0.6 is 0 Å². The number of carbonyl (C=O) groups excluding carboxylic acids is 1. The fraction of sp³-hybridized carbons (Fsp3) is 0.941. The Kier molecular flexibility index (Phi) is 5.31. The summed E-state index contributed by atoms with van der Waals surface area (Å²) in [5, 5.41) is 3.50. The molecule has 1 unspecified atom stereocenters. The molecule has 1 heterocycles. The molecule has 21 heavy (non-hydrogen) atoms. The van der Waals surface area contributed by atoms with Gasteiger partial charge >= 0.3 is 5.97 Å². The summed E-state index contributed by atoms with van der Waals surface area (Å²) in [6.45, 7) is 11.3. The third kappa shape index (κ3) is 4.43. The van der Waals surface area contributed by atoms with Crippen molar-refractivity contribution in [3.63, 3.8) is 0 Å². The van der Waals surface area contributed by atoms with Gasteiger partial charge in [0.1, 0.15) is 5.54 Å². The number of hydrogen-bond donors (Lipinski definition) is 1. The lowest BCUT2D eigenvalue weighted by molar-refractivity contribution is -0.151. The van der Waals surface area contributed by atoms with E-state index in [2.05, 4.69) is 24.1 Å². The van der Waals surface area contributed by atoms with Crippen LogP contribution in [0.1, 0.15) is 66.2 Å². The molecule has 0 radical (unpaired) electrons. The molecule has 0 bridgehead atoms. The summed E-state index contributed by atoms with van der Waals surface area (Å²) < 4.78 is 5.28. The first-order valence-corrected chi connectivity index (χ1v) is 8.57. The Hall–Kier alpha value is -0.610. The maximum atomic E-state index is 12.3. The topological polar surface area (TPSA) is 41.6 Å². The van der Waals surface area contributed by atoms with E-state index in [0.29, 0.717) is 18.2 Å². The molecular formula is C17H32N2O2. The molecule has 1 saturated carbocycles. The van der Waals surface area contributed by atoms with Gasteiger partial charge in [-0.2, -0.15) is 0 Å². The van der Waals surface area contributed by atoms with Crippen molar-refractivity contribution in [1.82, 2.24) is 10.2 Å². The maximum Gasteiger partial charge on any atom is 0.326 e. The molecule has 1 aliphatic heterocycles. The van der Waals surface area contributed by atoms with Gasteiger partial charge in [0, 0.05) is 11.6 Å². The fourth-order valence-electron chi connectivity index (χ4n) is 3.40. The summed E-state index contributed by atoms with van der Waals surface area (Å²) in [7, 11) is 0. The number of rotatable bonds is 8. The molecule has 0 aromatic carbocycles. The van der Waals surface area contributed by atoms with Crippen LogP contribution in [0, 0.1) is 0 Å². The monoisotopic (exact) mass is 296 g/mol. The van der Waals surface area contributed by atoms with Crippen molar-refractivity contribution in [3.8, 4) is 0 Å². The van der Waals surface area contributed by atoms with Crippen molar-refractivity contribution in [2.75, 3.05) is 19.7 Å². The quantitative estimate of drug-likeness (QED) is 0.699. The first-order chi connectivity index (χ1) is 9.87. The van der Waals surface area contributed by atoms with Gasteiger partial charge in [-0.3, -0.25) is 15.0 Å². The zero-order valence-corrected chi connectivity index (χ0v) is 14.2. The smallest absolute Gasteiger partial charge is 0.326 e. The number of esters is 1. The van der Waals surface area contributed by atoms with Crippen LogP contribution in [0.25, 0.3) is 0 Å². The Bertz CT molecular complexity index is 366. The zero-order chi connectivity index (χ0) is 15.5. The number of hydrogen-bond acceptors (Lipinski definition) is 4. The molecule has 0 aromatic rings. The minimum atomic E-state index is -0.513. The van der Waals surface area contributed by atoms with Crippen LogP contribution in [0.4, 0.5) is 0 Å². The highest BCUT2D eigenvalue weighted by atomic mass is 16.5. The molecular weight excluding hydrogens is 264 g/mol. The molecule has 2 rings (SSSR count). The van der Waals surface area contributed by atoms with E-state index in [1.807, 2.05) is 13.8 Å². The predicted molar refractivity (Wildman–Crippen MR) is 85.3 cm³/mol. The number of nitrogens with zero attached hydrogens (tertiary/aromatic N) is 1. The highest BCUT2D eigenvalue weighted by molar-refractivity contribution is 5.80. The summed E-state index contributed by atoms with van der Waals surface area (Å²) >= 11 is 0. The molecule has 2 aliphatic rings. The minimum absolute atomic E-state index is 0.0856. The number of likely N-dealkylation sites (tertiary alicyclic amines) is 1. The number of ether oxygens (including phenoxy) is 1. The second kappa shape index (κ2) is 6.66. The van der Waals surface area contributed by atoms with Crippen molar-refractivity contribution in [2.45, 2.75) is 83.3 Å². The van der Waals surface area contributed by atoms with Gasteiger partial charge in [0.05, 0.1) is 6.61 Å². The lowest BCUT2D eigenvalue weighted by Gasteiger charge is -2.33. The Balaban J connectivity index is 1.85. The average Bonchev–Trinajstić information content (AvgIpc) is 3.14. The van der Waals surface area contributed by atoms with Crippen LogP contribution < -0.4 is 5.32 Å². The van der Waals surface area contributed by atoms with Crippen molar-refractivity contribution in [2.24, 2.45) is 0 Å². The van der Waals surface area contributed by atoms with E-state index in [4.69, 9.17) is 4.74 Å². The SMILES string of the molecule is CCOC(=O)C(C)(CCCN1CCCC1(C)C)NC1CC1. The van der Waals surface area contributed by atoms with Crippen LogP contribution in [0.15, 0.2) is 0 Å². The summed E-state index contributed by atoms with van der Waals surface area (Å²) in [5.41, 5.74) is -0.189. The van der Waals surface area contributed by atoms with Crippen LogP contribution in [-0.2, 0) is 9.53 Å². The van der Waals surface area contributed by atoms with E-state index < -0.39 is 5.54 Å². The molecule has 0 aromatic heterocycles.